The van der Waals surface area contributed by atoms with Crippen LogP contribution in [0, 0.1) is 5.41 Å². The van der Waals surface area contributed by atoms with Crippen molar-refractivity contribution in [2.75, 3.05) is 6.61 Å². The van der Waals surface area contributed by atoms with Crippen LogP contribution in [0.25, 0.3) is 0 Å². The Bertz CT molecular complexity index is 302. The molecule has 0 saturated heterocycles. The van der Waals surface area contributed by atoms with Crippen LogP contribution in [0.1, 0.15) is 72.1 Å². The second-order valence-corrected chi connectivity index (χ2v) is 6.77. The highest BCUT2D eigenvalue weighted by Gasteiger charge is 2.17. The van der Waals surface area contributed by atoms with Crippen molar-refractivity contribution in [3.63, 3.8) is 0 Å². The van der Waals surface area contributed by atoms with Crippen molar-refractivity contribution < 1.29 is 17.2 Å². The molecule has 0 aromatic rings. The standard InChI is InChI=1S/C13H28O4S.H3N/c1-4-5-6-7-8-10-13(2,3)11-9-12-17-18(14,15)16;/h4-12H2,1-3H3,(H,14,15,16);1H3. The number of hydrogen-bond acceptors (Lipinski definition) is 4. The Labute approximate surface area is 118 Å². The largest absolute Gasteiger partial charge is 0.397 e. The van der Waals surface area contributed by atoms with Gasteiger partial charge in [-0.05, 0) is 24.7 Å². The second kappa shape index (κ2) is 10.6. The molecule has 0 amide bonds. The molecular weight excluding hydrogens is 266 g/mol. The van der Waals surface area contributed by atoms with Crippen molar-refractivity contribution in [3.8, 4) is 0 Å². The van der Waals surface area contributed by atoms with Gasteiger partial charge in [-0.2, -0.15) is 8.42 Å². The summed E-state index contributed by atoms with van der Waals surface area (Å²) in [5.41, 5.74) is 0.217. The molecule has 0 aromatic carbocycles. The van der Waals surface area contributed by atoms with Crippen LogP contribution in [0.5, 0.6) is 0 Å². The van der Waals surface area contributed by atoms with E-state index in [0.717, 1.165) is 12.8 Å². The van der Waals surface area contributed by atoms with E-state index in [1.807, 2.05) is 0 Å². The maximum absolute atomic E-state index is 10.4. The van der Waals surface area contributed by atoms with Crippen molar-refractivity contribution >= 4 is 10.4 Å². The summed E-state index contributed by atoms with van der Waals surface area (Å²) in [6.45, 7) is 6.66. The highest BCUT2D eigenvalue weighted by Crippen LogP contribution is 2.29. The maximum Gasteiger partial charge on any atom is 0.397 e. The zero-order chi connectivity index (χ0) is 14.1. The summed E-state index contributed by atoms with van der Waals surface area (Å²) in [6.07, 6.45) is 9.10. The summed E-state index contributed by atoms with van der Waals surface area (Å²) >= 11 is 0. The average molecular weight is 297 g/mol. The topological polar surface area (TPSA) is 98.6 Å². The third-order valence-electron chi connectivity index (χ3n) is 3.19. The van der Waals surface area contributed by atoms with Crippen LogP contribution in [0.15, 0.2) is 0 Å². The van der Waals surface area contributed by atoms with Gasteiger partial charge in [0.1, 0.15) is 0 Å². The third kappa shape index (κ3) is 15.8. The van der Waals surface area contributed by atoms with E-state index in [1.165, 1.54) is 32.1 Å². The van der Waals surface area contributed by atoms with E-state index in [2.05, 4.69) is 25.0 Å². The SMILES string of the molecule is CCCCCCCC(C)(C)CCCOS(=O)(=O)O.N. The van der Waals surface area contributed by atoms with Crippen molar-refractivity contribution in [1.29, 1.82) is 0 Å². The quantitative estimate of drug-likeness (QED) is 0.441. The minimum absolute atomic E-state index is 0. The van der Waals surface area contributed by atoms with Crippen LogP contribution >= 0.6 is 0 Å². The number of hydrogen-bond donors (Lipinski definition) is 2. The number of rotatable bonds is 11. The summed E-state index contributed by atoms with van der Waals surface area (Å²) in [7, 11) is -4.27. The minimum atomic E-state index is -4.27. The monoisotopic (exact) mass is 297 g/mol. The lowest BCUT2D eigenvalue weighted by molar-refractivity contribution is 0.225. The molecule has 0 heterocycles. The predicted octanol–water partition coefficient (Wildman–Crippen LogP) is 4.13. The lowest BCUT2D eigenvalue weighted by atomic mass is 9.82. The van der Waals surface area contributed by atoms with Gasteiger partial charge in [0.15, 0.2) is 0 Å². The molecule has 19 heavy (non-hydrogen) atoms. The second-order valence-electron chi connectivity index (χ2n) is 5.68. The van der Waals surface area contributed by atoms with E-state index >= 15 is 0 Å². The Morgan fingerprint density at radius 2 is 1.53 bits per heavy atom. The van der Waals surface area contributed by atoms with Crippen LogP contribution in [0.3, 0.4) is 0 Å². The third-order valence-corrected chi connectivity index (χ3v) is 3.65. The summed E-state index contributed by atoms with van der Waals surface area (Å²) < 4.78 is 33.5. The lowest BCUT2D eigenvalue weighted by Crippen LogP contribution is -2.13. The molecule has 0 unspecified atom stereocenters. The molecule has 0 aliphatic rings. The molecule has 4 N–H and O–H groups in total. The van der Waals surface area contributed by atoms with E-state index in [-0.39, 0.29) is 18.2 Å². The Balaban J connectivity index is 0. The van der Waals surface area contributed by atoms with Gasteiger partial charge in [-0.15, -0.1) is 0 Å². The van der Waals surface area contributed by atoms with Gasteiger partial charge < -0.3 is 6.15 Å². The van der Waals surface area contributed by atoms with Crippen molar-refractivity contribution in [1.82, 2.24) is 6.15 Å². The highest BCUT2D eigenvalue weighted by molar-refractivity contribution is 7.80. The zero-order valence-electron chi connectivity index (χ0n) is 12.7. The van der Waals surface area contributed by atoms with Gasteiger partial charge in [-0.25, -0.2) is 4.18 Å². The van der Waals surface area contributed by atoms with E-state index in [4.69, 9.17) is 4.55 Å². The average Bonchev–Trinajstić information content (AvgIpc) is 2.23. The van der Waals surface area contributed by atoms with E-state index in [0.29, 0.717) is 6.42 Å². The van der Waals surface area contributed by atoms with Crippen molar-refractivity contribution in [2.45, 2.75) is 72.1 Å². The molecule has 0 saturated carbocycles. The van der Waals surface area contributed by atoms with Crippen molar-refractivity contribution in [2.24, 2.45) is 5.41 Å². The minimum Gasteiger partial charge on any atom is -0.344 e. The maximum atomic E-state index is 10.4. The van der Waals surface area contributed by atoms with E-state index in [9.17, 15) is 8.42 Å². The fourth-order valence-electron chi connectivity index (χ4n) is 2.05. The lowest BCUT2D eigenvalue weighted by Gasteiger charge is -2.24. The first-order chi connectivity index (χ1) is 8.27. The Kier molecular flexibility index (Phi) is 11.8. The van der Waals surface area contributed by atoms with Crippen LogP contribution in [-0.2, 0) is 14.6 Å². The van der Waals surface area contributed by atoms with Crippen LogP contribution in [0.4, 0.5) is 0 Å². The first-order valence-corrected chi connectivity index (χ1v) is 8.25. The molecule has 0 fully saturated rings. The van der Waals surface area contributed by atoms with E-state index in [1.54, 1.807) is 0 Å². The molecule has 5 nitrogen and oxygen atoms in total. The smallest absolute Gasteiger partial charge is 0.344 e. The molecule has 6 heteroatoms. The molecule has 0 bridgehead atoms. The Morgan fingerprint density at radius 1 is 1.00 bits per heavy atom. The molecular formula is C13H31NO4S. The summed E-state index contributed by atoms with van der Waals surface area (Å²) in [6, 6.07) is 0. The number of unbranched alkanes of at least 4 members (excludes halogenated alkanes) is 4. The van der Waals surface area contributed by atoms with Gasteiger partial charge in [0, 0.05) is 0 Å². The van der Waals surface area contributed by atoms with Gasteiger partial charge in [-0.1, -0.05) is 52.9 Å². The first-order valence-electron chi connectivity index (χ1n) is 6.89. The summed E-state index contributed by atoms with van der Waals surface area (Å²) in [4.78, 5) is 0. The molecule has 0 radical (unpaired) electrons. The molecule has 118 valence electrons. The molecule has 0 aromatic heterocycles. The predicted molar refractivity (Wildman–Crippen MR) is 78.9 cm³/mol. The summed E-state index contributed by atoms with van der Waals surface area (Å²) in [5.74, 6) is 0. The normalized spacial score (nSPS) is 12.2. The molecule has 0 atom stereocenters. The Morgan fingerprint density at radius 3 is 2.05 bits per heavy atom. The van der Waals surface area contributed by atoms with Crippen LogP contribution in [-0.4, -0.2) is 19.6 Å². The molecule has 0 spiro atoms. The van der Waals surface area contributed by atoms with Crippen LogP contribution in [0.2, 0.25) is 0 Å². The van der Waals surface area contributed by atoms with Gasteiger partial charge in [0.05, 0.1) is 6.61 Å². The van der Waals surface area contributed by atoms with Gasteiger partial charge in [0.2, 0.25) is 0 Å². The highest BCUT2D eigenvalue weighted by atomic mass is 32.3. The molecule has 0 aliphatic heterocycles. The van der Waals surface area contributed by atoms with Gasteiger partial charge >= 0.3 is 10.4 Å². The van der Waals surface area contributed by atoms with Crippen molar-refractivity contribution in [3.05, 3.63) is 0 Å². The van der Waals surface area contributed by atoms with Gasteiger partial charge in [0.25, 0.3) is 0 Å². The molecule has 0 rings (SSSR count). The van der Waals surface area contributed by atoms with Gasteiger partial charge in [-0.3, -0.25) is 4.55 Å². The molecule has 0 aliphatic carbocycles. The van der Waals surface area contributed by atoms with Crippen LogP contribution < -0.4 is 6.15 Å². The zero-order valence-corrected chi connectivity index (χ0v) is 13.5. The van der Waals surface area contributed by atoms with E-state index < -0.39 is 10.4 Å². The summed E-state index contributed by atoms with van der Waals surface area (Å²) in [5, 5.41) is 0. The fraction of sp³-hybridized carbons (Fsp3) is 1.00. The fourth-order valence-corrected chi connectivity index (χ4v) is 2.38. The first kappa shape index (κ1) is 21.1. The Hall–Kier alpha value is -0.170.